The number of nitrogens with zero attached hydrogens (tertiary/aromatic N) is 2. The van der Waals surface area contributed by atoms with E-state index < -0.39 is 15.8 Å². The van der Waals surface area contributed by atoms with E-state index in [0.717, 1.165) is 18.7 Å². The van der Waals surface area contributed by atoms with Crippen LogP contribution in [0.2, 0.25) is 0 Å². The van der Waals surface area contributed by atoms with Crippen LogP contribution in [0.4, 0.5) is 4.39 Å². The molecule has 0 unspecified atom stereocenters. The first-order valence-electron chi connectivity index (χ1n) is 6.73. The Morgan fingerprint density at radius 1 is 1.24 bits per heavy atom. The first-order valence-corrected chi connectivity index (χ1v) is 8.58. The van der Waals surface area contributed by atoms with Crippen LogP contribution in [0.3, 0.4) is 0 Å². The Kier molecular flexibility index (Phi) is 5.13. The molecule has 0 spiro atoms. The van der Waals surface area contributed by atoms with Crippen molar-refractivity contribution >= 4 is 27.4 Å². The summed E-state index contributed by atoms with van der Waals surface area (Å²) in [5, 5.41) is 3.70. The zero-order chi connectivity index (χ0) is 15.5. The van der Waals surface area contributed by atoms with Gasteiger partial charge in [0.1, 0.15) is 5.82 Å². The number of sulfonamides is 1. The topological polar surface area (TPSA) is 52.6 Å². The molecule has 0 atom stereocenters. The van der Waals surface area contributed by atoms with Gasteiger partial charge >= 0.3 is 0 Å². The molecule has 1 saturated heterocycles. The molecule has 1 aliphatic heterocycles. The van der Waals surface area contributed by atoms with E-state index in [0.29, 0.717) is 31.3 Å². The van der Waals surface area contributed by atoms with Gasteiger partial charge in [-0.3, -0.25) is 0 Å². The Morgan fingerprint density at radius 2 is 1.81 bits per heavy atom. The average molecular weight is 331 g/mol. The van der Waals surface area contributed by atoms with E-state index in [1.807, 2.05) is 11.8 Å². The molecule has 0 bridgehead atoms. The first kappa shape index (κ1) is 16.1. The van der Waals surface area contributed by atoms with Gasteiger partial charge in [0.15, 0.2) is 5.11 Å². The molecule has 1 N–H and O–H groups in total. The van der Waals surface area contributed by atoms with Crippen LogP contribution in [0.1, 0.15) is 6.92 Å². The smallest absolute Gasteiger partial charge is 0.243 e. The van der Waals surface area contributed by atoms with Gasteiger partial charge in [-0.1, -0.05) is 0 Å². The van der Waals surface area contributed by atoms with Gasteiger partial charge in [0, 0.05) is 32.7 Å². The summed E-state index contributed by atoms with van der Waals surface area (Å²) in [7, 11) is -3.56. The number of hydrogen-bond acceptors (Lipinski definition) is 3. The molecule has 116 valence electrons. The second kappa shape index (κ2) is 6.67. The second-order valence-electron chi connectivity index (χ2n) is 4.68. The predicted octanol–water partition coefficient (Wildman–Crippen LogP) is 1.03. The molecule has 2 rings (SSSR count). The van der Waals surface area contributed by atoms with Crippen LogP contribution < -0.4 is 5.32 Å². The summed E-state index contributed by atoms with van der Waals surface area (Å²) >= 11 is 5.22. The molecular formula is C13H18FN3O2S2. The molecule has 1 aromatic carbocycles. The van der Waals surface area contributed by atoms with Gasteiger partial charge in [0.25, 0.3) is 0 Å². The maximum absolute atomic E-state index is 12.9. The molecule has 0 aromatic heterocycles. The lowest BCUT2D eigenvalue weighted by molar-refractivity contribution is 0.264. The molecule has 1 aliphatic rings. The minimum atomic E-state index is -3.56. The van der Waals surface area contributed by atoms with Crippen molar-refractivity contribution in [2.24, 2.45) is 0 Å². The molecule has 0 saturated carbocycles. The van der Waals surface area contributed by atoms with E-state index in [-0.39, 0.29) is 4.90 Å². The summed E-state index contributed by atoms with van der Waals surface area (Å²) < 4.78 is 39.2. The van der Waals surface area contributed by atoms with E-state index in [1.54, 1.807) is 0 Å². The minimum Gasteiger partial charge on any atom is -0.363 e. The fraction of sp³-hybridized carbons (Fsp3) is 0.462. The Hall–Kier alpha value is -1.25. The van der Waals surface area contributed by atoms with Crippen LogP contribution in [-0.2, 0) is 10.0 Å². The van der Waals surface area contributed by atoms with E-state index in [9.17, 15) is 12.8 Å². The highest BCUT2D eigenvalue weighted by Gasteiger charge is 2.29. The van der Waals surface area contributed by atoms with Gasteiger partial charge in [-0.2, -0.15) is 4.31 Å². The van der Waals surface area contributed by atoms with Gasteiger partial charge in [0.05, 0.1) is 4.90 Å². The van der Waals surface area contributed by atoms with Gasteiger partial charge in [-0.25, -0.2) is 12.8 Å². The lowest BCUT2D eigenvalue weighted by atomic mass is 10.4. The van der Waals surface area contributed by atoms with Crippen molar-refractivity contribution in [1.82, 2.24) is 14.5 Å². The zero-order valence-corrected chi connectivity index (χ0v) is 13.4. The number of thiocarbonyl (C=S) groups is 1. The molecular weight excluding hydrogens is 313 g/mol. The van der Waals surface area contributed by atoms with Gasteiger partial charge in [-0.05, 0) is 43.4 Å². The molecule has 1 fully saturated rings. The Labute approximate surface area is 129 Å². The van der Waals surface area contributed by atoms with Crippen LogP contribution in [0.15, 0.2) is 29.2 Å². The number of benzene rings is 1. The van der Waals surface area contributed by atoms with Crippen molar-refractivity contribution in [3.63, 3.8) is 0 Å². The highest BCUT2D eigenvalue weighted by Crippen LogP contribution is 2.18. The van der Waals surface area contributed by atoms with Crippen molar-refractivity contribution in [1.29, 1.82) is 0 Å². The normalized spacial score (nSPS) is 16.8. The maximum Gasteiger partial charge on any atom is 0.243 e. The summed E-state index contributed by atoms with van der Waals surface area (Å²) in [4.78, 5) is 2.07. The van der Waals surface area contributed by atoms with Crippen molar-refractivity contribution < 1.29 is 12.8 Å². The van der Waals surface area contributed by atoms with Crippen LogP contribution in [-0.4, -0.2) is 55.5 Å². The number of halogens is 1. The number of hydrogen-bond donors (Lipinski definition) is 1. The fourth-order valence-electron chi connectivity index (χ4n) is 2.15. The molecule has 5 nitrogen and oxygen atoms in total. The number of nitrogens with one attached hydrogen (secondary N) is 1. The lowest BCUT2D eigenvalue weighted by Crippen LogP contribution is -2.52. The van der Waals surface area contributed by atoms with Crippen molar-refractivity contribution in [2.45, 2.75) is 11.8 Å². The third-order valence-corrected chi connectivity index (χ3v) is 5.62. The molecule has 0 aliphatic carbocycles. The van der Waals surface area contributed by atoms with E-state index in [4.69, 9.17) is 12.2 Å². The molecule has 1 aromatic rings. The second-order valence-corrected chi connectivity index (χ2v) is 7.01. The molecule has 21 heavy (non-hydrogen) atoms. The Bertz CT molecular complexity index is 596. The summed E-state index contributed by atoms with van der Waals surface area (Å²) in [6.07, 6.45) is 0. The predicted molar refractivity (Wildman–Crippen MR) is 83.0 cm³/mol. The molecule has 8 heteroatoms. The van der Waals surface area contributed by atoms with Gasteiger partial charge < -0.3 is 10.2 Å². The largest absolute Gasteiger partial charge is 0.363 e. The van der Waals surface area contributed by atoms with E-state index in [2.05, 4.69) is 5.32 Å². The summed E-state index contributed by atoms with van der Waals surface area (Å²) in [6, 6.07) is 4.90. The lowest BCUT2D eigenvalue weighted by Gasteiger charge is -2.35. The summed E-state index contributed by atoms with van der Waals surface area (Å²) in [5.41, 5.74) is 0. The van der Waals surface area contributed by atoms with Gasteiger partial charge in [0.2, 0.25) is 10.0 Å². The fourth-order valence-corrected chi connectivity index (χ4v) is 3.90. The monoisotopic (exact) mass is 331 g/mol. The summed E-state index contributed by atoms with van der Waals surface area (Å²) in [5.74, 6) is -0.449. The standard InChI is InChI=1S/C13H18FN3O2S2/c1-2-15-13(20)16-7-9-17(10-8-16)21(18,19)12-5-3-11(14)4-6-12/h3-6H,2,7-10H2,1H3,(H,15,20). The summed E-state index contributed by atoms with van der Waals surface area (Å²) in [6.45, 7) is 4.53. The van der Waals surface area contributed by atoms with Crippen LogP contribution in [0.5, 0.6) is 0 Å². The molecule has 1 heterocycles. The van der Waals surface area contributed by atoms with Gasteiger partial charge in [-0.15, -0.1) is 0 Å². The zero-order valence-electron chi connectivity index (χ0n) is 11.8. The minimum absolute atomic E-state index is 0.117. The number of rotatable bonds is 3. The third-order valence-electron chi connectivity index (χ3n) is 3.31. The van der Waals surface area contributed by atoms with Crippen LogP contribution >= 0.6 is 12.2 Å². The van der Waals surface area contributed by atoms with Crippen molar-refractivity contribution in [3.8, 4) is 0 Å². The number of piperazine rings is 1. The maximum atomic E-state index is 12.9. The van der Waals surface area contributed by atoms with Crippen molar-refractivity contribution in [2.75, 3.05) is 32.7 Å². The first-order chi connectivity index (χ1) is 9.95. The Morgan fingerprint density at radius 3 is 2.33 bits per heavy atom. The Balaban J connectivity index is 2.04. The highest BCUT2D eigenvalue weighted by atomic mass is 32.2. The van der Waals surface area contributed by atoms with E-state index >= 15 is 0 Å². The SMILES string of the molecule is CCNC(=S)N1CCN(S(=O)(=O)c2ccc(F)cc2)CC1. The van der Waals surface area contributed by atoms with E-state index in [1.165, 1.54) is 16.4 Å². The third kappa shape index (κ3) is 3.69. The molecule has 0 radical (unpaired) electrons. The highest BCUT2D eigenvalue weighted by molar-refractivity contribution is 7.89. The van der Waals surface area contributed by atoms with Crippen molar-refractivity contribution in [3.05, 3.63) is 30.1 Å². The molecule has 0 amide bonds. The average Bonchev–Trinajstić information content (AvgIpc) is 2.48. The van der Waals surface area contributed by atoms with Crippen LogP contribution in [0.25, 0.3) is 0 Å². The van der Waals surface area contributed by atoms with Crippen LogP contribution in [0, 0.1) is 5.82 Å². The quantitative estimate of drug-likeness (QED) is 0.839.